The maximum atomic E-state index is 5.55. The number of allylic oxidation sites excluding steroid dienone is 9. The fourth-order valence-corrected chi connectivity index (χ4v) is 0.947. The van der Waals surface area contributed by atoms with E-state index in [2.05, 4.69) is 25.1 Å². The van der Waals surface area contributed by atoms with Crippen LogP contribution in [0.4, 0.5) is 0 Å². The van der Waals surface area contributed by atoms with E-state index in [4.69, 9.17) is 5.73 Å². The van der Waals surface area contributed by atoms with Crippen molar-refractivity contribution in [1.82, 2.24) is 5.32 Å². The molecule has 0 aromatic rings. The maximum Gasteiger partial charge on any atom is 0.0378 e. The quantitative estimate of drug-likeness (QED) is 0.656. The Balaban J connectivity index is 4.80. The first kappa shape index (κ1) is 14.8. The Labute approximate surface area is 104 Å². The van der Waals surface area contributed by atoms with Gasteiger partial charge in [-0.1, -0.05) is 38.0 Å². The van der Waals surface area contributed by atoms with Gasteiger partial charge in [0, 0.05) is 17.1 Å². The molecule has 0 aliphatic rings. The average Bonchev–Trinajstić information content (AvgIpc) is 2.32. The van der Waals surface area contributed by atoms with Crippen molar-refractivity contribution in [3.63, 3.8) is 0 Å². The van der Waals surface area contributed by atoms with Crippen LogP contribution in [0.1, 0.15) is 6.92 Å². The van der Waals surface area contributed by atoms with Gasteiger partial charge in [0.1, 0.15) is 0 Å². The molecule has 0 saturated carbocycles. The summed E-state index contributed by atoms with van der Waals surface area (Å²) < 4.78 is 0. The highest BCUT2D eigenvalue weighted by molar-refractivity contribution is 5.31. The lowest BCUT2D eigenvalue weighted by Gasteiger charge is -2.06. The van der Waals surface area contributed by atoms with Crippen molar-refractivity contribution in [1.29, 1.82) is 0 Å². The minimum absolute atomic E-state index is 0.738. The Morgan fingerprint density at radius 3 is 2.00 bits per heavy atom. The topological polar surface area (TPSA) is 38.0 Å². The van der Waals surface area contributed by atoms with Gasteiger partial charge >= 0.3 is 0 Å². The fraction of sp³-hybridized carbons (Fsp3) is 0.0667. The van der Waals surface area contributed by atoms with Crippen molar-refractivity contribution in [3.05, 3.63) is 85.4 Å². The highest BCUT2D eigenvalue weighted by Crippen LogP contribution is 2.00. The average molecular weight is 228 g/mol. The predicted molar refractivity (Wildman–Crippen MR) is 77.0 cm³/mol. The van der Waals surface area contributed by atoms with Gasteiger partial charge in [-0.2, -0.15) is 0 Å². The monoisotopic (exact) mass is 228 g/mol. The maximum absolute atomic E-state index is 5.55. The van der Waals surface area contributed by atoms with E-state index < -0.39 is 0 Å². The highest BCUT2D eigenvalue weighted by Gasteiger charge is 1.91. The molecule has 0 aliphatic heterocycles. The van der Waals surface area contributed by atoms with Crippen LogP contribution in [-0.2, 0) is 0 Å². The van der Waals surface area contributed by atoms with Gasteiger partial charge in [-0.25, -0.2) is 0 Å². The first-order valence-corrected chi connectivity index (χ1v) is 5.29. The van der Waals surface area contributed by atoms with Crippen LogP contribution in [0.5, 0.6) is 0 Å². The third-order valence-electron chi connectivity index (χ3n) is 1.78. The lowest BCUT2D eigenvalue weighted by Crippen LogP contribution is -2.09. The Kier molecular flexibility index (Phi) is 7.86. The molecule has 0 rings (SSSR count). The largest absolute Gasteiger partial charge is 0.402 e. The molecule has 0 amide bonds. The zero-order chi connectivity index (χ0) is 13.1. The van der Waals surface area contributed by atoms with Gasteiger partial charge in [0.15, 0.2) is 0 Å². The van der Waals surface area contributed by atoms with Crippen molar-refractivity contribution in [3.8, 4) is 0 Å². The van der Waals surface area contributed by atoms with E-state index in [-0.39, 0.29) is 0 Å². The Hall–Kier alpha value is -2.22. The molecule has 0 aromatic heterocycles. The molecule has 2 nitrogen and oxygen atoms in total. The van der Waals surface area contributed by atoms with E-state index in [1.54, 1.807) is 18.2 Å². The van der Waals surface area contributed by atoms with Crippen molar-refractivity contribution < 1.29 is 0 Å². The van der Waals surface area contributed by atoms with Crippen molar-refractivity contribution >= 4 is 0 Å². The van der Waals surface area contributed by atoms with E-state index in [9.17, 15) is 0 Å². The fourth-order valence-electron chi connectivity index (χ4n) is 0.947. The van der Waals surface area contributed by atoms with Crippen LogP contribution in [-0.4, -0.2) is 0 Å². The molecule has 2 heteroatoms. The molecule has 0 saturated heterocycles. The van der Waals surface area contributed by atoms with Crippen molar-refractivity contribution in [2.24, 2.45) is 5.73 Å². The Bertz CT molecular complexity index is 389. The third-order valence-corrected chi connectivity index (χ3v) is 1.78. The second-order valence-electron chi connectivity index (χ2n) is 3.31. The van der Waals surface area contributed by atoms with Gasteiger partial charge in [0.25, 0.3) is 0 Å². The zero-order valence-electron chi connectivity index (χ0n) is 10.3. The molecule has 0 heterocycles. The van der Waals surface area contributed by atoms with Gasteiger partial charge in [0.05, 0.1) is 0 Å². The predicted octanol–water partition coefficient (Wildman–Crippen LogP) is 3.32. The molecular formula is C15H20N2. The van der Waals surface area contributed by atoms with E-state index in [1.165, 1.54) is 0 Å². The number of hydrogen-bond acceptors (Lipinski definition) is 2. The summed E-state index contributed by atoms with van der Waals surface area (Å²) in [6.07, 6.45) is 14.4. The summed E-state index contributed by atoms with van der Waals surface area (Å²) in [5.74, 6) is 0. The number of nitrogens with one attached hydrogen (secondary N) is 1. The molecular weight excluding hydrogens is 208 g/mol. The first-order chi connectivity index (χ1) is 8.13. The summed E-state index contributed by atoms with van der Waals surface area (Å²) >= 11 is 0. The molecule has 17 heavy (non-hydrogen) atoms. The molecule has 0 unspecified atom stereocenters. The molecule has 0 bridgehead atoms. The zero-order valence-corrected chi connectivity index (χ0v) is 10.3. The third kappa shape index (κ3) is 7.68. The van der Waals surface area contributed by atoms with Crippen LogP contribution in [0.3, 0.4) is 0 Å². The van der Waals surface area contributed by atoms with E-state index >= 15 is 0 Å². The summed E-state index contributed by atoms with van der Waals surface area (Å²) in [6, 6.07) is 0. The van der Waals surface area contributed by atoms with Crippen molar-refractivity contribution in [2.45, 2.75) is 6.92 Å². The molecule has 0 aliphatic carbocycles. The van der Waals surface area contributed by atoms with E-state index in [0.29, 0.717) is 0 Å². The van der Waals surface area contributed by atoms with Crippen LogP contribution in [0.25, 0.3) is 0 Å². The summed E-state index contributed by atoms with van der Waals surface area (Å²) in [7, 11) is 0. The minimum Gasteiger partial charge on any atom is -0.402 e. The molecule has 0 radical (unpaired) electrons. The van der Waals surface area contributed by atoms with Crippen LogP contribution in [0.15, 0.2) is 85.4 Å². The standard InChI is InChI=1S/C15H20N2/c1-5-8-9-10-14(6-2)17-15(7-3)12-11-13(4)16/h5-12,17H,1-3,16H2,4H3/b9-8-,13-11+,14-10+,15-12+. The minimum atomic E-state index is 0.738. The van der Waals surface area contributed by atoms with Crippen LogP contribution < -0.4 is 11.1 Å². The molecule has 90 valence electrons. The van der Waals surface area contributed by atoms with Gasteiger partial charge < -0.3 is 11.1 Å². The van der Waals surface area contributed by atoms with Crippen LogP contribution in [0, 0.1) is 0 Å². The number of hydrogen-bond donors (Lipinski definition) is 2. The summed E-state index contributed by atoms with van der Waals surface area (Å²) in [6.45, 7) is 12.9. The number of rotatable bonds is 7. The van der Waals surface area contributed by atoms with Gasteiger partial charge in [-0.15, -0.1) is 0 Å². The summed E-state index contributed by atoms with van der Waals surface area (Å²) in [5.41, 5.74) is 8.02. The summed E-state index contributed by atoms with van der Waals surface area (Å²) in [4.78, 5) is 0. The van der Waals surface area contributed by atoms with Crippen LogP contribution in [0.2, 0.25) is 0 Å². The Morgan fingerprint density at radius 1 is 0.941 bits per heavy atom. The lowest BCUT2D eigenvalue weighted by molar-refractivity contribution is 1.05. The second-order valence-corrected chi connectivity index (χ2v) is 3.31. The molecule has 0 aromatic carbocycles. The Morgan fingerprint density at radius 2 is 1.53 bits per heavy atom. The SMILES string of the molecule is C=C/C=C\C=C(/C=C)N/C(C=C)=C/C=C(\C)N. The van der Waals surface area contributed by atoms with Crippen LogP contribution >= 0.6 is 0 Å². The second kappa shape index (κ2) is 9.04. The molecule has 3 N–H and O–H groups in total. The van der Waals surface area contributed by atoms with Gasteiger partial charge in [-0.3, -0.25) is 0 Å². The molecule has 0 atom stereocenters. The van der Waals surface area contributed by atoms with E-state index in [0.717, 1.165) is 17.1 Å². The normalized spacial score (nSPS) is 13.6. The van der Waals surface area contributed by atoms with Gasteiger partial charge in [0.2, 0.25) is 0 Å². The van der Waals surface area contributed by atoms with E-state index in [1.807, 2.05) is 37.3 Å². The van der Waals surface area contributed by atoms with Gasteiger partial charge in [-0.05, 0) is 37.3 Å². The lowest BCUT2D eigenvalue weighted by atomic mass is 10.3. The molecule has 0 spiro atoms. The summed E-state index contributed by atoms with van der Waals surface area (Å²) in [5, 5.41) is 3.17. The molecule has 0 fully saturated rings. The highest BCUT2D eigenvalue weighted by atomic mass is 14.9. The van der Waals surface area contributed by atoms with Crippen molar-refractivity contribution in [2.75, 3.05) is 0 Å². The smallest absolute Gasteiger partial charge is 0.0378 e. The first-order valence-electron chi connectivity index (χ1n) is 5.29. The number of nitrogens with two attached hydrogens (primary N) is 1.